The first-order valence-corrected chi connectivity index (χ1v) is 6.55. The highest BCUT2D eigenvalue weighted by molar-refractivity contribution is 5.87. The third-order valence-electron chi connectivity index (χ3n) is 3.00. The van der Waals surface area contributed by atoms with Gasteiger partial charge in [-0.15, -0.1) is 0 Å². The van der Waals surface area contributed by atoms with Gasteiger partial charge < -0.3 is 14.6 Å². The number of nitrogens with one attached hydrogen (secondary N) is 1. The van der Waals surface area contributed by atoms with Gasteiger partial charge in [0.05, 0.1) is 31.3 Å². The maximum atomic E-state index is 10.8. The van der Waals surface area contributed by atoms with E-state index in [0.717, 1.165) is 18.2 Å². The summed E-state index contributed by atoms with van der Waals surface area (Å²) < 4.78 is 11.0. The number of aliphatic carboxylic acids is 1. The number of unbranched alkanes of at least 4 members (excludes halogenated alkanes) is 1. The number of hydrogen-bond acceptors (Lipinski definition) is 4. The number of methoxy groups -OCH3 is 1. The van der Waals surface area contributed by atoms with E-state index in [-0.39, 0.29) is 6.42 Å². The molecule has 2 N–H and O–H groups in total. The number of carboxylic acids is 1. The van der Waals surface area contributed by atoms with Crippen molar-refractivity contribution in [2.24, 2.45) is 0 Å². The molecule has 0 amide bonds. The lowest BCUT2D eigenvalue weighted by atomic mass is 10.1. The fourth-order valence-corrected chi connectivity index (χ4v) is 1.96. The van der Waals surface area contributed by atoms with Gasteiger partial charge in [-0.3, -0.25) is 9.89 Å². The minimum absolute atomic E-state index is 0.1000. The van der Waals surface area contributed by atoms with Crippen LogP contribution in [0.1, 0.15) is 25.5 Å². The summed E-state index contributed by atoms with van der Waals surface area (Å²) in [6.07, 6.45) is 1.90. The number of benzene rings is 1. The third kappa shape index (κ3) is 3.01. The number of aromatic nitrogens is 2. The lowest BCUT2D eigenvalue weighted by molar-refractivity contribution is -0.136. The van der Waals surface area contributed by atoms with Crippen molar-refractivity contribution >= 4 is 16.9 Å². The van der Waals surface area contributed by atoms with E-state index in [2.05, 4.69) is 17.1 Å². The van der Waals surface area contributed by atoms with Crippen LogP contribution >= 0.6 is 0 Å². The molecule has 0 saturated carbocycles. The molecule has 1 heterocycles. The van der Waals surface area contributed by atoms with Crippen LogP contribution in [0, 0.1) is 0 Å². The van der Waals surface area contributed by atoms with Gasteiger partial charge in [0.25, 0.3) is 0 Å². The number of hydrogen-bond donors (Lipinski definition) is 2. The van der Waals surface area contributed by atoms with Crippen LogP contribution in [0.2, 0.25) is 0 Å². The number of nitrogens with zero attached hydrogens (tertiary/aromatic N) is 1. The Morgan fingerprint density at radius 2 is 2.20 bits per heavy atom. The first-order valence-electron chi connectivity index (χ1n) is 6.55. The molecule has 0 saturated heterocycles. The molecule has 0 atom stereocenters. The molecule has 6 heteroatoms. The van der Waals surface area contributed by atoms with E-state index in [1.807, 2.05) is 0 Å². The van der Waals surface area contributed by atoms with Gasteiger partial charge in [-0.2, -0.15) is 5.10 Å². The van der Waals surface area contributed by atoms with Crippen molar-refractivity contribution in [2.45, 2.75) is 26.2 Å². The minimum Gasteiger partial charge on any atom is -0.493 e. The average molecular weight is 278 g/mol. The highest BCUT2D eigenvalue weighted by atomic mass is 16.5. The molecule has 2 rings (SSSR count). The second kappa shape index (κ2) is 6.27. The van der Waals surface area contributed by atoms with Crippen molar-refractivity contribution in [1.29, 1.82) is 0 Å². The minimum atomic E-state index is -0.903. The fraction of sp³-hybridized carbons (Fsp3) is 0.429. The van der Waals surface area contributed by atoms with Gasteiger partial charge >= 0.3 is 5.97 Å². The Morgan fingerprint density at radius 3 is 2.85 bits per heavy atom. The van der Waals surface area contributed by atoms with Crippen LogP contribution < -0.4 is 9.47 Å². The molecule has 2 aromatic rings. The van der Waals surface area contributed by atoms with Gasteiger partial charge in [0.1, 0.15) is 0 Å². The number of H-pyrrole nitrogens is 1. The van der Waals surface area contributed by atoms with Gasteiger partial charge in [-0.1, -0.05) is 13.3 Å². The van der Waals surface area contributed by atoms with E-state index in [1.165, 1.54) is 0 Å². The number of carbonyl (C=O) groups is 1. The van der Waals surface area contributed by atoms with E-state index in [4.69, 9.17) is 14.6 Å². The summed E-state index contributed by atoms with van der Waals surface area (Å²) in [6.45, 7) is 2.69. The quantitative estimate of drug-likeness (QED) is 0.759. The third-order valence-corrected chi connectivity index (χ3v) is 3.00. The summed E-state index contributed by atoms with van der Waals surface area (Å²) in [7, 11) is 1.57. The number of ether oxygens (including phenoxy) is 2. The highest BCUT2D eigenvalue weighted by Crippen LogP contribution is 2.33. The van der Waals surface area contributed by atoms with Crippen molar-refractivity contribution in [3.63, 3.8) is 0 Å². The summed E-state index contributed by atoms with van der Waals surface area (Å²) in [5.74, 6) is 0.309. The Hall–Kier alpha value is -2.24. The van der Waals surface area contributed by atoms with Gasteiger partial charge in [0, 0.05) is 11.5 Å². The van der Waals surface area contributed by atoms with Crippen LogP contribution in [0.3, 0.4) is 0 Å². The Labute approximate surface area is 116 Å². The lowest BCUT2D eigenvalue weighted by Gasteiger charge is -2.10. The topological polar surface area (TPSA) is 84.4 Å². The summed E-state index contributed by atoms with van der Waals surface area (Å²) in [5, 5.41) is 16.5. The van der Waals surface area contributed by atoms with Crippen LogP contribution in [0.25, 0.3) is 10.9 Å². The smallest absolute Gasteiger partial charge is 0.309 e. The molecule has 0 bridgehead atoms. The van der Waals surface area contributed by atoms with Gasteiger partial charge in [-0.25, -0.2) is 0 Å². The first-order chi connectivity index (χ1) is 9.65. The summed E-state index contributed by atoms with van der Waals surface area (Å²) in [6, 6.07) is 3.53. The van der Waals surface area contributed by atoms with Crippen molar-refractivity contribution in [3.05, 3.63) is 17.8 Å². The standard InChI is InChI=1S/C14H18N2O4/c1-3-4-5-20-13-6-9-10(7-12(13)19-2)15-16-11(9)8-14(17)18/h6-7H,3-5,8H2,1-2H3,(H,15,16)(H,17,18). The molecule has 0 fully saturated rings. The molecule has 108 valence electrons. The Kier molecular flexibility index (Phi) is 4.45. The van der Waals surface area contributed by atoms with E-state index in [1.54, 1.807) is 19.2 Å². The Bertz CT molecular complexity index is 606. The maximum absolute atomic E-state index is 10.8. The number of aromatic amines is 1. The number of carboxylic acid groups (broad SMARTS) is 1. The molecule has 0 unspecified atom stereocenters. The molecule has 6 nitrogen and oxygen atoms in total. The molecule has 0 aliphatic rings. The normalized spacial score (nSPS) is 10.7. The van der Waals surface area contributed by atoms with Crippen LogP contribution in [-0.4, -0.2) is 35.0 Å². The zero-order valence-electron chi connectivity index (χ0n) is 11.6. The van der Waals surface area contributed by atoms with E-state index >= 15 is 0 Å². The predicted octanol–water partition coefficient (Wildman–Crippen LogP) is 2.38. The molecular weight excluding hydrogens is 260 g/mol. The highest BCUT2D eigenvalue weighted by Gasteiger charge is 2.14. The molecule has 0 radical (unpaired) electrons. The van der Waals surface area contributed by atoms with Crippen molar-refractivity contribution in [3.8, 4) is 11.5 Å². The van der Waals surface area contributed by atoms with Gasteiger partial charge in [0.2, 0.25) is 0 Å². The van der Waals surface area contributed by atoms with Gasteiger partial charge in [0.15, 0.2) is 11.5 Å². The first kappa shape index (κ1) is 14.2. The molecular formula is C14H18N2O4. The van der Waals surface area contributed by atoms with Crippen LogP contribution in [0.5, 0.6) is 11.5 Å². The number of rotatable bonds is 7. The van der Waals surface area contributed by atoms with Crippen molar-refractivity contribution in [1.82, 2.24) is 10.2 Å². The Balaban J connectivity index is 2.36. The molecule has 1 aromatic carbocycles. The molecule has 0 spiro atoms. The van der Waals surface area contributed by atoms with Crippen molar-refractivity contribution < 1.29 is 19.4 Å². The molecule has 20 heavy (non-hydrogen) atoms. The maximum Gasteiger partial charge on any atom is 0.309 e. The summed E-state index contributed by atoms with van der Waals surface area (Å²) in [4.78, 5) is 10.8. The summed E-state index contributed by atoms with van der Waals surface area (Å²) in [5.41, 5.74) is 1.23. The van der Waals surface area contributed by atoms with Crippen LogP contribution in [0.4, 0.5) is 0 Å². The average Bonchev–Trinajstić information content (AvgIpc) is 2.80. The molecule has 0 aliphatic heterocycles. The SMILES string of the molecule is CCCCOc1cc2c(CC(=O)O)[nH]nc2cc1OC. The zero-order valence-corrected chi connectivity index (χ0v) is 11.6. The van der Waals surface area contributed by atoms with Gasteiger partial charge in [-0.05, 0) is 12.5 Å². The predicted molar refractivity (Wildman–Crippen MR) is 74.4 cm³/mol. The molecule has 1 aromatic heterocycles. The molecule has 0 aliphatic carbocycles. The van der Waals surface area contributed by atoms with Crippen LogP contribution in [0.15, 0.2) is 12.1 Å². The van der Waals surface area contributed by atoms with E-state index < -0.39 is 5.97 Å². The summed E-state index contributed by atoms with van der Waals surface area (Å²) >= 11 is 0. The largest absolute Gasteiger partial charge is 0.493 e. The fourth-order valence-electron chi connectivity index (χ4n) is 1.96. The monoisotopic (exact) mass is 278 g/mol. The lowest BCUT2D eigenvalue weighted by Crippen LogP contribution is -2.01. The number of fused-ring (bicyclic) bond motifs is 1. The van der Waals surface area contributed by atoms with E-state index in [0.29, 0.717) is 29.3 Å². The zero-order chi connectivity index (χ0) is 14.5. The van der Waals surface area contributed by atoms with Crippen LogP contribution in [-0.2, 0) is 11.2 Å². The second-order valence-corrected chi connectivity index (χ2v) is 4.49. The van der Waals surface area contributed by atoms with E-state index in [9.17, 15) is 4.79 Å². The Morgan fingerprint density at radius 1 is 1.40 bits per heavy atom. The second-order valence-electron chi connectivity index (χ2n) is 4.49. The van der Waals surface area contributed by atoms with Crippen molar-refractivity contribution in [2.75, 3.05) is 13.7 Å².